The summed E-state index contributed by atoms with van der Waals surface area (Å²) in [6.45, 7) is 1.67. The van der Waals surface area contributed by atoms with Crippen LogP contribution in [0.25, 0.3) is 6.08 Å². The topological polar surface area (TPSA) is 73.1 Å². The van der Waals surface area contributed by atoms with Crippen LogP contribution >= 0.6 is 0 Å². The molecule has 0 spiro atoms. The van der Waals surface area contributed by atoms with E-state index < -0.39 is 0 Å². The van der Waals surface area contributed by atoms with Crippen LogP contribution < -0.4 is 5.32 Å². The average molecular weight is 272 g/mol. The summed E-state index contributed by atoms with van der Waals surface area (Å²) in [6, 6.07) is 9.15. The first kappa shape index (κ1) is 15.9. The number of nitrogens with zero attached hydrogens (tertiary/aromatic N) is 1. The third-order valence-electron chi connectivity index (χ3n) is 2.77. The zero-order valence-electron chi connectivity index (χ0n) is 11.7. The van der Waals surface area contributed by atoms with Crippen molar-refractivity contribution >= 4 is 12.0 Å². The van der Waals surface area contributed by atoms with E-state index in [1.165, 1.54) is 0 Å². The number of hydrogen-bond acceptors (Lipinski definition) is 3. The quantitative estimate of drug-likeness (QED) is 0.749. The van der Waals surface area contributed by atoms with Crippen LogP contribution in [0.4, 0.5) is 0 Å². The van der Waals surface area contributed by atoms with Gasteiger partial charge < -0.3 is 10.4 Å². The number of hydrogen-bond donors (Lipinski definition) is 2. The first-order chi connectivity index (χ1) is 9.67. The number of aliphatic hydroxyl groups excluding tert-OH is 1. The number of rotatable bonds is 7. The molecular formula is C16H20N2O2. The van der Waals surface area contributed by atoms with Crippen molar-refractivity contribution in [3.63, 3.8) is 0 Å². The van der Waals surface area contributed by atoms with E-state index in [2.05, 4.69) is 11.4 Å². The summed E-state index contributed by atoms with van der Waals surface area (Å²) in [5.74, 6) is -0.189. The molecule has 1 unspecified atom stereocenters. The fourth-order valence-electron chi connectivity index (χ4n) is 1.65. The van der Waals surface area contributed by atoms with Crippen LogP contribution in [0.15, 0.2) is 30.3 Å². The second-order valence-electron chi connectivity index (χ2n) is 4.64. The molecule has 0 saturated carbocycles. The monoisotopic (exact) mass is 272 g/mol. The molecule has 0 aliphatic rings. The molecule has 2 N–H and O–H groups in total. The summed E-state index contributed by atoms with van der Waals surface area (Å²) in [4.78, 5) is 11.9. The van der Waals surface area contributed by atoms with Gasteiger partial charge in [0.2, 0.25) is 0 Å². The Bertz CT molecular complexity index is 503. The summed E-state index contributed by atoms with van der Waals surface area (Å²) in [5.41, 5.74) is 1.52. The van der Waals surface area contributed by atoms with Gasteiger partial charge in [-0.1, -0.05) is 24.3 Å². The van der Waals surface area contributed by atoms with Gasteiger partial charge in [-0.25, -0.2) is 0 Å². The van der Waals surface area contributed by atoms with Gasteiger partial charge in [-0.15, -0.1) is 0 Å². The van der Waals surface area contributed by atoms with Crippen molar-refractivity contribution in [2.24, 2.45) is 0 Å². The summed E-state index contributed by atoms with van der Waals surface area (Å²) < 4.78 is 0. The Hall–Kier alpha value is -2.12. The lowest BCUT2D eigenvalue weighted by molar-refractivity contribution is 0.0922. The van der Waals surface area contributed by atoms with Gasteiger partial charge in [0, 0.05) is 18.0 Å². The van der Waals surface area contributed by atoms with Crippen LogP contribution in [0, 0.1) is 11.3 Å². The molecule has 1 aromatic carbocycles. The largest absolute Gasteiger partial charge is 0.394 e. The molecule has 0 aliphatic heterocycles. The van der Waals surface area contributed by atoms with E-state index in [0.29, 0.717) is 12.0 Å². The van der Waals surface area contributed by atoms with E-state index in [1.54, 1.807) is 19.1 Å². The molecule has 0 saturated heterocycles. The Morgan fingerprint density at radius 2 is 2.35 bits per heavy atom. The summed E-state index contributed by atoms with van der Waals surface area (Å²) in [7, 11) is 0. The lowest BCUT2D eigenvalue weighted by atomic mass is 10.1. The van der Waals surface area contributed by atoms with Gasteiger partial charge in [-0.3, -0.25) is 4.79 Å². The minimum absolute atomic E-state index is 0.0791. The Morgan fingerprint density at radius 1 is 1.55 bits per heavy atom. The molecule has 4 heteroatoms. The zero-order valence-corrected chi connectivity index (χ0v) is 11.7. The first-order valence-electron chi connectivity index (χ1n) is 6.72. The van der Waals surface area contributed by atoms with E-state index in [0.717, 1.165) is 18.4 Å². The molecule has 0 fully saturated rings. The Kier molecular flexibility index (Phi) is 7.08. The Morgan fingerprint density at radius 3 is 3.05 bits per heavy atom. The highest BCUT2D eigenvalue weighted by atomic mass is 16.3. The maximum atomic E-state index is 11.9. The maximum absolute atomic E-state index is 11.9. The van der Waals surface area contributed by atoms with Crippen LogP contribution in [0.1, 0.15) is 42.1 Å². The van der Waals surface area contributed by atoms with Gasteiger partial charge >= 0.3 is 0 Å². The number of nitrogens with one attached hydrogen (secondary N) is 1. The standard InChI is InChI=1S/C16H20N2O2/c1-13(12-19)18-16(20)15-9-6-8-14(11-15)7-4-2-3-5-10-17/h4,6-9,11,13,19H,2-3,5,12H2,1H3,(H,18,20)/b7-4-. The Balaban J connectivity index is 2.61. The predicted octanol–water partition coefficient (Wildman–Crippen LogP) is 2.50. The molecule has 1 rings (SSSR count). The number of carbonyl (C=O) groups is 1. The lowest BCUT2D eigenvalue weighted by Gasteiger charge is -2.10. The minimum Gasteiger partial charge on any atom is -0.394 e. The molecule has 0 bridgehead atoms. The van der Waals surface area contributed by atoms with Gasteiger partial charge in [0.15, 0.2) is 0 Å². The number of aliphatic hydroxyl groups is 1. The highest BCUT2D eigenvalue weighted by molar-refractivity contribution is 5.94. The third kappa shape index (κ3) is 5.68. The van der Waals surface area contributed by atoms with Gasteiger partial charge in [-0.2, -0.15) is 5.26 Å². The van der Waals surface area contributed by atoms with Crippen molar-refractivity contribution < 1.29 is 9.90 Å². The molecule has 1 atom stereocenters. The van der Waals surface area contributed by atoms with Crippen LogP contribution in [0.2, 0.25) is 0 Å². The van der Waals surface area contributed by atoms with E-state index in [1.807, 2.05) is 24.3 Å². The van der Waals surface area contributed by atoms with Crippen LogP contribution in [-0.4, -0.2) is 23.7 Å². The number of benzene rings is 1. The van der Waals surface area contributed by atoms with E-state index in [4.69, 9.17) is 10.4 Å². The van der Waals surface area contributed by atoms with Crippen molar-refractivity contribution in [1.29, 1.82) is 5.26 Å². The van der Waals surface area contributed by atoms with Gasteiger partial charge in [0.05, 0.1) is 12.7 Å². The average Bonchev–Trinajstić information content (AvgIpc) is 2.47. The van der Waals surface area contributed by atoms with Crippen molar-refractivity contribution in [1.82, 2.24) is 5.32 Å². The second-order valence-corrected chi connectivity index (χ2v) is 4.64. The number of nitriles is 1. The predicted molar refractivity (Wildman–Crippen MR) is 79.0 cm³/mol. The van der Waals surface area contributed by atoms with Crippen LogP contribution in [0.3, 0.4) is 0 Å². The molecule has 0 radical (unpaired) electrons. The summed E-state index contributed by atoms with van der Waals surface area (Å²) in [5, 5.41) is 20.1. The van der Waals surface area contributed by atoms with Crippen LogP contribution in [-0.2, 0) is 0 Å². The molecule has 0 heterocycles. The molecule has 1 amide bonds. The molecule has 1 aromatic rings. The fraction of sp³-hybridized carbons (Fsp3) is 0.375. The van der Waals surface area contributed by atoms with Crippen molar-refractivity contribution in [2.75, 3.05) is 6.61 Å². The van der Waals surface area contributed by atoms with Gasteiger partial charge in [0.25, 0.3) is 5.91 Å². The zero-order chi connectivity index (χ0) is 14.8. The van der Waals surface area contributed by atoms with E-state index >= 15 is 0 Å². The van der Waals surface area contributed by atoms with E-state index in [9.17, 15) is 4.79 Å². The van der Waals surface area contributed by atoms with Crippen molar-refractivity contribution in [3.8, 4) is 6.07 Å². The first-order valence-corrected chi connectivity index (χ1v) is 6.72. The minimum atomic E-state index is -0.257. The fourth-order valence-corrected chi connectivity index (χ4v) is 1.65. The highest BCUT2D eigenvalue weighted by Crippen LogP contribution is 2.09. The van der Waals surface area contributed by atoms with Gasteiger partial charge in [0.1, 0.15) is 0 Å². The second kappa shape index (κ2) is 8.89. The van der Waals surface area contributed by atoms with Gasteiger partial charge in [-0.05, 0) is 37.5 Å². The summed E-state index contributed by atoms with van der Waals surface area (Å²) in [6.07, 6.45) is 6.22. The molecule has 106 valence electrons. The maximum Gasteiger partial charge on any atom is 0.251 e. The molecule has 4 nitrogen and oxygen atoms in total. The molecular weight excluding hydrogens is 252 g/mol. The van der Waals surface area contributed by atoms with E-state index in [-0.39, 0.29) is 18.6 Å². The molecule has 0 aliphatic carbocycles. The third-order valence-corrected chi connectivity index (χ3v) is 2.77. The number of allylic oxidation sites excluding steroid dienone is 1. The lowest BCUT2D eigenvalue weighted by Crippen LogP contribution is -2.34. The normalized spacial score (nSPS) is 12.1. The number of carbonyl (C=O) groups excluding carboxylic acids is 1. The van der Waals surface area contributed by atoms with Crippen molar-refractivity contribution in [3.05, 3.63) is 41.5 Å². The van der Waals surface area contributed by atoms with Crippen molar-refractivity contribution in [2.45, 2.75) is 32.2 Å². The number of amides is 1. The SMILES string of the molecule is CC(CO)NC(=O)c1cccc(/C=C\CCCC#N)c1. The van der Waals surface area contributed by atoms with Crippen LogP contribution in [0.5, 0.6) is 0 Å². The molecule has 0 aromatic heterocycles. The smallest absolute Gasteiger partial charge is 0.251 e. The Labute approximate surface area is 119 Å². The molecule has 20 heavy (non-hydrogen) atoms. The summed E-state index contributed by atoms with van der Waals surface area (Å²) >= 11 is 0. The highest BCUT2D eigenvalue weighted by Gasteiger charge is 2.08. The number of unbranched alkanes of at least 4 members (excludes halogenated alkanes) is 2.